The van der Waals surface area contributed by atoms with Crippen LogP contribution in [0.1, 0.15) is 10.4 Å². The van der Waals surface area contributed by atoms with Crippen LogP contribution in [0.15, 0.2) is 12.1 Å². The maximum Gasteiger partial charge on any atom is 0.340 e. The van der Waals surface area contributed by atoms with E-state index in [0.29, 0.717) is 0 Å². The lowest BCUT2D eigenvalue weighted by Gasteiger charge is -2.15. The maximum atomic E-state index is 13.7. The average molecular weight is 275 g/mol. The Bertz CT molecular complexity index is 450. The number of ether oxygens (including phenoxy) is 3. The fourth-order valence-electron chi connectivity index (χ4n) is 1.41. The predicted molar refractivity (Wildman–Crippen MR) is 64.0 cm³/mol. The maximum absolute atomic E-state index is 13.7. The first-order valence-corrected chi connectivity index (χ1v) is 5.40. The van der Waals surface area contributed by atoms with Gasteiger partial charge in [0.15, 0.2) is 17.9 Å². The molecule has 106 valence electrons. The quantitative estimate of drug-likeness (QED) is 0.633. The highest BCUT2D eigenvalue weighted by Gasteiger charge is 2.19. The normalized spacial score (nSPS) is 10.6. The van der Waals surface area contributed by atoms with E-state index in [0.717, 1.165) is 13.2 Å². The van der Waals surface area contributed by atoms with Gasteiger partial charge in [0, 0.05) is 14.2 Å². The minimum atomic E-state index is -1.26. The number of rotatable bonds is 6. The number of hydrogen-bond acceptors (Lipinski definition) is 5. The number of carbonyl (C=O) groups excluding carboxylic acids is 1. The lowest BCUT2D eigenvalue weighted by Crippen LogP contribution is -2.24. The van der Waals surface area contributed by atoms with Gasteiger partial charge in [0.05, 0.1) is 24.9 Å². The first kappa shape index (κ1) is 15.3. The summed E-state index contributed by atoms with van der Waals surface area (Å²) in [6.07, 6.45) is -0.595. The molecule has 0 amide bonds. The molecular weight excluding hydrogens is 260 g/mol. The monoisotopic (exact) mass is 275 g/mol. The molecule has 0 bridgehead atoms. The third-order valence-electron chi connectivity index (χ3n) is 2.47. The smallest absolute Gasteiger partial charge is 0.340 e. The van der Waals surface area contributed by atoms with Gasteiger partial charge in [-0.2, -0.15) is 0 Å². The van der Waals surface area contributed by atoms with Crippen LogP contribution in [0.5, 0.6) is 0 Å². The lowest BCUT2D eigenvalue weighted by molar-refractivity contribution is -0.0914. The highest BCUT2D eigenvalue weighted by molar-refractivity contribution is 5.90. The predicted octanol–water partition coefficient (Wildman–Crippen LogP) is 1.78. The fourth-order valence-corrected chi connectivity index (χ4v) is 1.41. The van der Waals surface area contributed by atoms with Crippen LogP contribution in [0.4, 0.5) is 14.5 Å². The molecule has 0 heterocycles. The molecule has 0 aliphatic heterocycles. The van der Waals surface area contributed by atoms with E-state index in [1.54, 1.807) is 0 Å². The first-order chi connectivity index (χ1) is 9.04. The minimum Gasteiger partial charge on any atom is -0.465 e. The molecule has 1 N–H and O–H groups in total. The van der Waals surface area contributed by atoms with Gasteiger partial charge in [-0.3, -0.25) is 0 Å². The molecule has 0 aliphatic rings. The van der Waals surface area contributed by atoms with Crippen molar-refractivity contribution in [2.24, 2.45) is 0 Å². The molecule has 0 aliphatic carbocycles. The summed E-state index contributed by atoms with van der Waals surface area (Å²) in [5.74, 6) is -3.35. The van der Waals surface area contributed by atoms with E-state index in [2.05, 4.69) is 10.1 Å². The Balaban J connectivity index is 2.87. The molecule has 1 rings (SSSR count). The fraction of sp³-hybridized carbons (Fsp3) is 0.417. The van der Waals surface area contributed by atoms with Crippen molar-refractivity contribution in [3.05, 3.63) is 29.3 Å². The largest absolute Gasteiger partial charge is 0.465 e. The summed E-state index contributed by atoms with van der Waals surface area (Å²) >= 11 is 0. The van der Waals surface area contributed by atoms with Gasteiger partial charge in [0.2, 0.25) is 0 Å². The summed E-state index contributed by atoms with van der Waals surface area (Å²) in [4.78, 5) is 11.2. The summed E-state index contributed by atoms with van der Waals surface area (Å²) in [5, 5.41) is 2.62. The Morgan fingerprint density at radius 2 is 1.84 bits per heavy atom. The first-order valence-electron chi connectivity index (χ1n) is 5.40. The Kier molecular flexibility index (Phi) is 5.65. The lowest BCUT2D eigenvalue weighted by atomic mass is 10.2. The number of halogens is 2. The van der Waals surface area contributed by atoms with Crippen LogP contribution in [0.3, 0.4) is 0 Å². The number of nitrogens with one attached hydrogen (secondary N) is 1. The van der Waals surface area contributed by atoms with Crippen molar-refractivity contribution in [2.45, 2.75) is 6.29 Å². The Labute approximate surface area is 109 Å². The van der Waals surface area contributed by atoms with Crippen molar-refractivity contribution >= 4 is 11.7 Å². The van der Waals surface area contributed by atoms with Crippen molar-refractivity contribution < 1.29 is 27.8 Å². The zero-order valence-electron chi connectivity index (χ0n) is 10.8. The number of benzene rings is 1. The molecule has 0 saturated carbocycles. The number of carbonyl (C=O) groups is 1. The number of methoxy groups -OCH3 is 3. The van der Waals surface area contributed by atoms with Crippen molar-refractivity contribution in [1.82, 2.24) is 0 Å². The van der Waals surface area contributed by atoms with Crippen LogP contribution in [0.2, 0.25) is 0 Å². The molecule has 0 radical (unpaired) electrons. The number of esters is 1. The van der Waals surface area contributed by atoms with Crippen molar-refractivity contribution in [2.75, 3.05) is 33.2 Å². The molecule has 19 heavy (non-hydrogen) atoms. The van der Waals surface area contributed by atoms with Gasteiger partial charge < -0.3 is 19.5 Å². The van der Waals surface area contributed by atoms with Crippen LogP contribution in [0, 0.1) is 11.6 Å². The van der Waals surface area contributed by atoms with Gasteiger partial charge in [-0.1, -0.05) is 0 Å². The summed E-state index contributed by atoms with van der Waals surface area (Å²) in [6, 6.07) is 2.38. The molecular formula is C12H15F2NO4. The number of hydrogen-bond donors (Lipinski definition) is 1. The average Bonchev–Trinajstić information content (AvgIpc) is 2.43. The molecule has 1 aromatic carbocycles. The Morgan fingerprint density at radius 3 is 2.37 bits per heavy atom. The summed E-state index contributed by atoms with van der Waals surface area (Å²) in [5.41, 5.74) is -0.551. The molecule has 7 heteroatoms. The van der Waals surface area contributed by atoms with E-state index in [9.17, 15) is 13.6 Å². The van der Waals surface area contributed by atoms with Crippen molar-refractivity contribution in [3.63, 3.8) is 0 Å². The second-order valence-corrected chi connectivity index (χ2v) is 3.56. The van der Waals surface area contributed by atoms with Crippen molar-refractivity contribution in [1.29, 1.82) is 0 Å². The molecule has 0 spiro atoms. The molecule has 1 aromatic rings. The van der Waals surface area contributed by atoms with E-state index >= 15 is 0 Å². The zero-order valence-corrected chi connectivity index (χ0v) is 10.8. The van der Waals surface area contributed by atoms with Gasteiger partial charge in [0.25, 0.3) is 0 Å². The van der Waals surface area contributed by atoms with Gasteiger partial charge in [-0.25, -0.2) is 13.6 Å². The summed E-state index contributed by atoms with van der Waals surface area (Å²) < 4.78 is 41.4. The molecule has 0 saturated heterocycles. The summed E-state index contributed by atoms with van der Waals surface area (Å²) in [7, 11) is 3.94. The van der Waals surface area contributed by atoms with Crippen LogP contribution < -0.4 is 5.32 Å². The third-order valence-corrected chi connectivity index (χ3v) is 2.47. The van der Waals surface area contributed by atoms with E-state index < -0.39 is 29.5 Å². The molecule has 5 nitrogen and oxygen atoms in total. The molecule has 0 unspecified atom stereocenters. The van der Waals surface area contributed by atoms with E-state index in [-0.39, 0.29) is 12.2 Å². The molecule has 0 fully saturated rings. The SMILES string of the molecule is COC(=O)c1ccc(NCC(OC)OC)c(F)c1F. The Morgan fingerprint density at radius 1 is 1.21 bits per heavy atom. The van der Waals surface area contributed by atoms with Gasteiger partial charge >= 0.3 is 5.97 Å². The summed E-state index contributed by atoms with van der Waals surface area (Å²) in [6.45, 7) is 0.126. The minimum absolute atomic E-state index is 0.0933. The number of anilines is 1. The van der Waals surface area contributed by atoms with Crippen LogP contribution in [-0.2, 0) is 14.2 Å². The second kappa shape index (κ2) is 7.01. The Hall–Kier alpha value is -1.73. The molecule has 0 atom stereocenters. The van der Waals surface area contributed by atoms with Gasteiger partial charge in [-0.05, 0) is 12.1 Å². The van der Waals surface area contributed by atoms with Crippen LogP contribution in [0.25, 0.3) is 0 Å². The third kappa shape index (κ3) is 3.62. The highest BCUT2D eigenvalue weighted by Crippen LogP contribution is 2.21. The topological polar surface area (TPSA) is 56.8 Å². The molecule has 0 aromatic heterocycles. The van der Waals surface area contributed by atoms with E-state index in [4.69, 9.17) is 9.47 Å². The van der Waals surface area contributed by atoms with Gasteiger partial charge in [0.1, 0.15) is 0 Å². The van der Waals surface area contributed by atoms with Crippen molar-refractivity contribution in [3.8, 4) is 0 Å². The van der Waals surface area contributed by atoms with Crippen LogP contribution in [-0.4, -0.2) is 40.1 Å². The second-order valence-electron chi connectivity index (χ2n) is 3.56. The zero-order chi connectivity index (χ0) is 14.4. The highest BCUT2D eigenvalue weighted by atomic mass is 19.2. The van der Waals surface area contributed by atoms with E-state index in [1.807, 2.05) is 0 Å². The standard InChI is InChI=1S/C12H15F2NO4/c1-17-9(18-2)6-15-8-5-4-7(12(16)19-3)10(13)11(8)14/h4-5,9,15H,6H2,1-3H3. The van der Waals surface area contributed by atoms with Gasteiger partial charge in [-0.15, -0.1) is 0 Å². The van der Waals surface area contributed by atoms with Crippen LogP contribution >= 0.6 is 0 Å². The van der Waals surface area contributed by atoms with E-state index in [1.165, 1.54) is 20.3 Å².